The van der Waals surface area contributed by atoms with Crippen LogP contribution in [0.3, 0.4) is 0 Å². The van der Waals surface area contributed by atoms with Crippen molar-refractivity contribution in [2.75, 3.05) is 6.61 Å². The fourth-order valence-electron chi connectivity index (χ4n) is 2.71. The second kappa shape index (κ2) is 9.77. The number of benzene rings is 3. The lowest BCUT2D eigenvalue weighted by Crippen LogP contribution is -2.02. The summed E-state index contributed by atoms with van der Waals surface area (Å²) in [7, 11) is 0. The normalized spacial score (nSPS) is 11.1. The molecule has 3 aromatic rings. The van der Waals surface area contributed by atoms with E-state index in [2.05, 4.69) is 4.99 Å². The molecule has 3 nitrogen and oxygen atoms in total. The van der Waals surface area contributed by atoms with Crippen LogP contribution in [0.15, 0.2) is 59.6 Å². The highest BCUT2D eigenvalue weighted by Gasteiger charge is 2.13. The van der Waals surface area contributed by atoms with Gasteiger partial charge in [-0.2, -0.15) is 0 Å². The molecule has 29 heavy (non-hydrogen) atoms. The molecule has 0 atom stereocenters. The SMILES string of the molecule is CCOc1cc(C=Nc2cccc(Cl)c2C)cc(Cl)c1OCc1ccccc1F. The molecule has 0 aliphatic rings. The molecular formula is C23H20Cl2FNO2. The van der Waals surface area contributed by atoms with E-state index in [4.69, 9.17) is 32.7 Å². The predicted molar refractivity (Wildman–Crippen MR) is 117 cm³/mol. The first-order valence-electron chi connectivity index (χ1n) is 9.11. The largest absolute Gasteiger partial charge is 0.490 e. The molecule has 0 aromatic heterocycles. The lowest BCUT2D eigenvalue weighted by atomic mass is 10.2. The zero-order valence-electron chi connectivity index (χ0n) is 16.1. The number of ether oxygens (including phenoxy) is 2. The maximum absolute atomic E-state index is 13.9. The number of rotatable bonds is 7. The number of hydrogen-bond acceptors (Lipinski definition) is 3. The topological polar surface area (TPSA) is 30.8 Å². The van der Waals surface area contributed by atoms with E-state index in [9.17, 15) is 4.39 Å². The molecule has 3 rings (SSSR count). The third-order valence-electron chi connectivity index (χ3n) is 4.25. The monoisotopic (exact) mass is 431 g/mol. The summed E-state index contributed by atoms with van der Waals surface area (Å²) in [5, 5.41) is 1.01. The molecule has 0 saturated carbocycles. The summed E-state index contributed by atoms with van der Waals surface area (Å²) in [6.07, 6.45) is 1.69. The highest BCUT2D eigenvalue weighted by molar-refractivity contribution is 6.32. The highest BCUT2D eigenvalue weighted by Crippen LogP contribution is 2.37. The smallest absolute Gasteiger partial charge is 0.180 e. The van der Waals surface area contributed by atoms with E-state index in [1.807, 2.05) is 32.0 Å². The Morgan fingerprint density at radius 2 is 1.79 bits per heavy atom. The Morgan fingerprint density at radius 3 is 2.55 bits per heavy atom. The Hall–Kier alpha value is -2.56. The quantitative estimate of drug-likeness (QED) is 0.371. The molecule has 0 saturated heterocycles. The minimum Gasteiger partial charge on any atom is -0.490 e. The van der Waals surface area contributed by atoms with Gasteiger partial charge in [0.1, 0.15) is 12.4 Å². The number of aliphatic imine (C=N–C) groups is 1. The lowest BCUT2D eigenvalue weighted by molar-refractivity contribution is 0.266. The molecule has 0 heterocycles. The number of halogens is 3. The fourth-order valence-corrected chi connectivity index (χ4v) is 3.15. The van der Waals surface area contributed by atoms with Gasteiger partial charge in [0.05, 0.1) is 17.3 Å². The zero-order chi connectivity index (χ0) is 20.8. The Morgan fingerprint density at radius 1 is 1.00 bits per heavy atom. The van der Waals surface area contributed by atoms with Crippen LogP contribution in [0.5, 0.6) is 11.5 Å². The molecule has 0 bridgehead atoms. The molecule has 0 radical (unpaired) electrons. The van der Waals surface area contributed by atoms with Gasteiger partial charge in [0.15, 0.2) is 11.5 Å². The van der Waals surface area contributed by atoms with Crippen molar-refractivity contribution in [3.8, 4) is 11.5 Å². The molecular weight excluding hydrogens is 412 g/mol. The van der Waals surface area contributed by atoms with Crippen molar-refractivity contribution in [3.05, 3.63) is 87.2 Å². The van der Waals surface area contributed by atoms with Crippen LogP contribution in [0.2, 0.25) is 10.0 Å². The van der Waals surface area contributed by atoms with Crippen LogP contribution in [0.1, 0.15) is 23.6 Å². The molecule has 150 valence electrons. The van der Waals surface area contributed by atoms with Gasteiger partial charge in [-0.1, -0.05) is 47.5 Å². The van der Waals surface area contributed by atoms with Crippen LogP contribution >= 0.6 is 23.2 Å². The van der Waals surface area contributed by atoms with Gasteiger partial charge in [-0.3, -0.25) is 4.99 Å². The highest BCUT2D eigenvalue weighted by atomic mass is 35.5. The van der Waals surface area contributed by atoms with E-state index >= 15 is 0 Å². The average Bonchev–Trinajstić information content (AvgIpc) is 2.70. The molecule has 0 amide bonds. The van der Waals surface area contributed by atoms with Crippen molar-refractivity contribution in [2.24, 2.45) is 4.99 Å². The molecule has 0 unspecified atom stereocenters. The number of nitrogens with zero attached hydrogens (tertiary/aromatic N) is 1. The molecule has 0 fully saturated rings. The average molecular weight is 432 g/mol. The molecule has 0 aliphatic heterocycles. The third kappa shape index (κ3) is 5.28. The van der Waals surface area contributed by atoms with Crippen LogP contribution < -0.4 is 9.47 Å². The van der Waals surface area contributed by atoms with Gasteiger partial charge in [-0.05, 0) is 55.3 Å². The van der Waals surface area contributed by atoms with Crippen molar-refractivity contribution in [2.45, 2.75) is 20.5 Å². The first-order chi connectivity index (χ1) is 14.0. The van der Waals surface area contributed by atoms with E-state index < -0.39 is 0 Å². The van der Waals surface area contributed by atoms with Crippen LogP contribution in [0, 0.1) is 12.7 Å². The van der Waals surface area contributed by atoms with Gasteiger partial charge < -0.3 is 9.47 Å². The van der Waals surface area contributed by atoms with E-state index in [0.717, 1.165) is 16.8 Å². The predicted octanol–water partition coefficient (Wildman–Crippen LogP) is 7.17. The Labute approximate surface area is 179 Å². The molecule has 0 aliphatic carbocycles. The standard InChI is InChI=1S/C23H20Cl2FNO2/c1-3-28-22-12-16(13-27-21-10-6-8-18(24)15(21)2)11-19(25)23(22)29-14-17-7-4-5-9-20(17)26/h4-13H,3,14H2,1-2H3. The van der Waals surface area contributed by atoms with Crippen LogP contribution in [-0.4, -0.2) is 12.8 Å². The van der Waals surface area contributed by atoms with E-state index in [0.29, 0.717) is 33.7 Å². The molecule has 0 N–H and O–H groups in total. The maximum atomic E-state index is 13.9. The van der Waals surface area contributed by atoms with Crippen molar-refractivity contribution in [1.82, 2.24) is 0 Å². The van der Waals surface area contributed by atoms with E-state index in [1.54, 1.807) is 36.5 Å². The summed E-state index contributed by atoms with van der Waals surface area (Å²) in [4.78, 5) is 4.50. The van der Waals surface area contributed by atoms with E-state index in [-0.39, 0.29) is 12.4 Å². The Kier molecular flexibility index (Phi) is 7.13. The van der Waals surface area contributed by atoms with E-state index in [1.165, 1.54) is 6.07 Å². The Bertz CT molecular complexity index is 1040. The minimum absolute atomic E-state index is 0.0433. The van der Waals surface area contributed by atoms with Gasteiger partial charge >= 0.3 is 0 Å². The van der Waals surface area contributed by atoms with Gasteiger partial charge in [0.2, 0.25) is 0 Å². The third-order valence-corrected chi connectivity index (χ3v) is 4.94. The summed E-state index contributed by atoms with van der Waals surface area (Å²) in [6, 6.07) is 15.5. The first-order valence-corrected chi connectivity index (χ1v) is 9.87. The first kappa shape index (κ1) is 21.2. The van der Waals surface area contributed by atoms with Crippen molar-refractivity contribution >= 4 is 35.1 Å². The van der Waals surface area contributed by atoms with Crippen molar-refractivity contribution in [1.29, 1.82) is 0 Å². The minimum atomic E-state index is -0.331. The Balaban J connectivity index is 1.87. The van der Waals surface area contributed by atoms with Gasteiger partial charge in [-0.25, -0.2) is 4.39 Å². The maximum Gasteiger partial charge on any atom is 0.180 e. The molecule has 0 spiro atoms. The zero-order valence-corrected chi connectivity index (χ0v) is 17.6. The summed E-state index contributed by atoms with van der Waals surface area (Å²) in [6.45, 7) is 4.25. The van der Waals surface area contributed by atoms with Gasteiger partial charge in [0, 0.05) is 16.8 Å². The van der Waals surface area contributed by atoms with Crippen LogP contribution in [-0.2, 0) is 6.61 Å². The summed E-state index contributed by atoms with van der Waals surface area (Å²) >= 11 is 12.6. The van der Waals surface area contributed by atoms with Crippen LogP contribution in [0.4, 0.5) is 10.1 Å². The second-order valence-corrected chi connectivity index (χ2v) is 7.10. The fraction of sp³-hybridized carbons (Fsp3) is 0.174. The van der Waals surface area contributed by atoms with Crippen LogP contribution in [0.25, 0.3) is 0 Å². The number of hydrogen-bond donors (Lipinski definition) is 0. The van der Waals surface area contributed by atoms with Gasteiger partial charge in [0.25, 0.3) is 0 Å². The van der Waals surface area contributed by atoms with Crippen molar-refractivity contribution in [3.63, 3.8) is 0 Å². The molecule has 6 heteroatoms. The second-order valence-electron chi connectivity index (χ2n) is 6.29. The van der Waals surface area contributed by atoms with Crippen molar-refractivity contribution < 1.29 is 13.9 Å². The summed E-state index contributed by atoms with van der Waals surface area (Å²) < 4.78 is 25.3. The lowest BCUT2D eigenvalue weighted by Gasteiger charge is -2.15. The van der Waals surface area contributed by atoms with Gasteiger partial charge in [-0.15, -0.1) is 0 Å². The summed E-state index contributed by atoms with van der Waals surface area (Å²) in [5.41, 5.74) is 2.85. The molecule has 3 aromatic carbocycles. The summed E-state index contributed by atoms with van der Waals surface area (Å²) in [5.74, 6) is 0.510.